The first kappa shape index (κ1) is 19.5. The third kappa shape index (κ3) is 4.52. The summed E-state index contributed by atoms with van der Waals surface area (Å²) >= 11 is 5.94. The molecule has 0 radical (unpaired) electrons. The zero-order valence-electron chi connectivity index (χ0n) is 14.6. The highest BCUT2D eigenvalue weighted by Crippen LogP contribution is 2.24. The molecule has 0 spiro atoms. The van der Waals surface area contributed by atoms with Gasteiger partial charge in [0.1, 0.15) is 0 Å². The minimum absolute atomic E-state index is 0.00953. The fraction of sp³-hybridized carbons (Fsp3) is 0.278. The largest absolute Gasteiger partial charge is 0.465 e. The number of halogens is 1. The Labute approximate surface area is 162 Å². The molecule has 0 bridgehead atoms. The van der Waals surface area contributed by atoms with E-state index in [0.717, 1.165) is 18.8 Å². The molecule has 2 aromatic carbocycles. The molecule has 0 amide bonds. The van der Waals surface area contributed by atoms with E-state index < -0.39 is 16.0 Å². The Morgan fingerprint density at radius 3 is 2.44 bits per heavy atom. The molecule has 0 unspecified atom stereocenters. The van der Waals surface area contributed by atoms with Gasteiger partial charge >= 0.3 is 5.97 Å². The van der Waals surface area contributed by atoms with E-state index in [1.54, 1.807) is 12.1 Å². The number of ether oxygens (including phenoxy) is 2. The van der Waals surface area contributed by atoms with E-state index in [-0.39, 0.29) is 15.5 Å². The molecular formula is C18H19ClN2O5S. The van der Waals surface area contributed by atoms with Gasteiger partial charge in [-0.3, -0.25) is 4.72 Å². The van der Waals surface area contributed by atoms with Crippen molar-refractivity contribution in [3.05, 3.63) is 53.1 Å². The first-order chi connectivity index (χ1) is 12.9. The van der Waals surface area contributed by atoms with Crippen LogP contribution in [0.2, 0.25) is 5.02 Å². The van der Waals surface area contributed by atoms with Crippen molar-refractivity contribution in [2.45, 2.75) is 4.90 Å². The van der Waals surface area contributed by atoms with Crippen molar-refractivity contribution in [3.8, 4) is 0 Å². The molecule has 0 atom stereocenters. The number of nitrogens with zero attached hydrogens (tertiary/aromatic N) is 1. The molecule has 9 heteroatoms. The maximum absolute atomic E-state index is 12.6. The summed E-state index contributed by atoms with van der Waals surface area (Å²) in [5.74, 6) is -0.702. The average Bonchev–Trinajstić information content (AvgIpc) is 2.68. The molecule has 1 N–H and O–H groups in total. The monoisotopic (exact) mass is 410 g/mol. The maximum atomic E-state index is 12.6. The summed E-state index contributed by atoms with van der Waals surface area (Å²) < 4.78 is 37.7. The zero-order valence-corrected chi connectivity index (χ0v) is 16.2. The number of methoxy groups -OCH3 is 1. The van der Waals surface area contributed by atoms with E-state index in [9.17, 15) is 13.2 Å². The molecule has 2 aromatic rings. The highest BCUT2D eigenvalue weighted by atomic mass is 35.5. The van der Waals surface area contributed by atoms with E-state index >= 15 is 0 Å². The number of carbonyl (C=O) groups excluding carboxylic acids is 1. The summed E-state index contributed by atoms with van der Waals surface area (Å²) in [6.07, 6.45) is 0. The van der Waals surface area contributed by atoms with Crippen LogP contribution >= 0.6 is 11.6 Å². The summed E-state index contributed by atoms with van der Waals surface area (Å²) in [5.41, 5.74) is 1.41. The van der Waals surface area contributed by atoms with Gasteiger partial charge in [0.25, 0.3) is 10.0 Å². The summed E-state index contributed by atoms with van der Waals surface area (Å²) in [6, 6.07) is 11.0. The second-order valence-corrected chi connectivity index (χ2v) is 7.97. The predicted molar refractivity (Wildman–Crippen MR) is 103 cm³/mol. The SMILES string of the molecule is COC(=O)c1cc(S(=O)(=O)Nc2ccc(N3CCOCC3)cc2)ccc1Cl. The molecule has 0 saturated carbocycles. The molecule has 0 aliphatic carbocycles. The third-order valence-electron chi connectivity index (χ3n) is 4.15. The number of anilines is 2. The van der Waals surface area contributed by atoms with Crippen molar-refractivity contribution in [1.82, 2.24) is 0 Å². The number of sulfonamides is 1. The zero-order chi connectivity index (χ0) is 19.4. The van der Waals surface area contributed by atoms with Crippen molar-refractivity contribution in [3.63, 3.8) is 0 Å². The van der Waals surface area contributed by atoms with Crippen molar-refractivity contribution >= 4 is 39.0 Å². The molecule has 1 aliphatic rings. The molecule has 27 heavy (non-hydrogen) atoms. The first-order valence-corrected chi connectivity index (χ1v) is 10.1. The molecule has 144 valence electrons. The van der Waals surface area contributed by atoms with Gasteiger partial charge < -0.3 is 14.4 Å². The second kappa shape index (κ2) is 8.16. The lowest BCUT2D eigenvalue weighted by Gasteiger charge is -2.28. The van der Waals surface area contributed by atoms with E-state index in [1.165, 1.54) is 25.3 Å². The van der Waals surface area contributed by atoms with Crippen molar-refractivity contribution in [2.24, 2.45) is 0 Å². The number of carbonyl (C=O) groups is 1. The van der Waals surface area contributed by atoms with Crippen LogP contribution in [0.15, 0.2) is 47.4 Å². The topological polar surface area (TPSA) is 84.9 Å². The van der Waals surface area contributed by atoms with E-state index in [0.29, 0.717) is 18.9 Å². The Morgan fingerprint density at radius 2 is 1.81 bits per heavy atom. The van der Waals surface area contributed by atoms with Crippen LogP contribution in [0.25, 0.3) is 0 Å². The third-order valence-corrected chi connectivity index (χ3v) is 5.86. The van der Waals surface area contributed by atoms with Crippen LogP contribution in [0, 0.1) is 0 Å². The molecule has 3 rings (SSSR count). The number of rotatable bonds is 5. The fourth-order valence-corrected chi connectivity index (χ4v) is 3.99. The first-order valence-electron chi connectivity index (χ1n) is 8.24. The molecular weight excluding hydrogens is 392 g/mol. The van der Waals surface area contributed by atoms with Crippen molar-refractivity contribution < 1.29 is 22.7 Å². The van der Waals surface area contributed by atoms with E-state index in [2.05, 4.69) is 14.4 Å². The molecule has 0 aromatic heterocycles. The van der Waals surface area contributed by atoms with Gasteiger partial charge in [-0.2, -0.15) is 0 Å². The normalized spacial score (nSPS) is 14.7. The Kier molecular flexibility index (Phi) is 5.88. The Bertz CT molecular complexity index is 925. The lowest BCUT2D eigenvalue weighted by atomic mass is 10.2. The molecule has 1 fully saturated rings. The van der Waals surface area contributed by atoms with Gasteiger partial charge in [-0.25, -0.2) is 13.2 Å². The van der Waals surface area contributed by atoms with Crippen LogP contribution in [-0.2, 0) is 19.5 Å². The highest BCUT2D eigenvalue weighted by Gasteiger charge is 2.19. The maximum Gasteiger partial charge on any atom is 0.339 e. The molecule has 1 heterocycles. The smallest absolute Gasteiger partial charge is 0.339 e. The number of benzene rings is 2. The lowest BCUT2D eigenvalue weighted by molar-refractivity contribution is 0.0600. The van der Waals surface area contributed by atoms with Gasteiger partial charge in [-0.1, -0.05) is 11.6 Å². The lowest BCUT2D eigenvalue weighted by Crippen LogP contribution is -2.36. The van der Waals surface area contributed by atoms with Crippen LogP contribution in [0.5, 0.6) is 0 Å². The Hall–Kier alpha value is -2.29. The van der Waals surface area contributed by atoms with E-state index in [1.807, 2.05) is 12.1 Å². The number of morpholine rings is 1. The molecule has 1 saturated heterocycles. The Morgan fingerprint density at radius 1 is 1.15 bits per heavy atom. The van der Waals surface area contributed by atoms with Gasteiger partial charge in [0.15, 0.2) is 0 Å². The number of nitrogens with one attached hydrogen (secondary N) is 1. The number of hydrogen-bond donors (Lipinski definition) is 1. The predicted octanol–water partition coefficient (Wildman–Crippen LogP) is 2.76. The van der Waals surface area contributed by atoms with Gasteiger partial charge in [0.2, 0.25) is 0 Å². The van der Waals surface area contributed by atoms with Crippen molar-refractivity contribution in [2.75, 3.05) is 43.0 Å². The van der Waals surface area contributed by atoms with Crippen LogP contribution in [0.3, 0.4) is 0 Å². The Balaban J connectivity index is 1.79. The van der Waals surface area contributed by atoms with Gasteiger partial charge in [0, 0.05) is 24.5 Å². The summed E-state index contributed by atoms with van der Waals surface area (Å²) in [4.78, 5) is 13.8. The summed E-state index contributed by atoms with van der Waals surface area (Å²) in [6.45, 7) is 2.94. The summed E-state index contributed by atoms with van der Waals surface area (Å²) in [5, 5.41) is 0.121. The minimum atomic E-state index is -3.88. The van der Waals surface area contributed by atoms with Gasteiger partial charge in [0.05, 0.1) is 35.8 Å². The quantitative estimate of drug-likeness (QED) is 0.763. The standard InChI is InChI=1S/C18H19ClN2O5S/c1-25-18(22)16-12-15(6-7-17(16)19)27(23,24)20-13-2-4-14(5-3-13)21-8-10-26-11-9-21/h2-7,12,20H,8-11H2,1H3. The number of esters is 1. The number of hydrogen-bond acceptors (Lipinski definition) is 6. The molecule has 7 nitrogen and oxygen atoms in total. The van der Waals surface area contributed by atoms with E-state index in [4.69, 9.17) is 16.3 Å². The van der Waals surface area contributed by atoms with Crippen LogP contribution in [0.4, 0.5) is 11.4 Å². The van der Waals surface area contributed by atoms with Crippen LogP contribution in [0.1, 0.15) is 10.4 Å². The average molecular weight is 411 g/mol. The van der Waals surface area contributed by atoms with Crippen LogP contribution < -0.4 is 9.62 Å². The highest BCUT2D eigenvalue weighted by molar-refractivity contribution is 7.92. The fourth-order valence-electron chi connectivity index (χ4n) is 2.71. The van der Waals surface area contributed by atoms with Gasteiger partial charge in [-0.15, -0.1) is 0 Å². The molecule has 1 aliphatic heterocycles. The van der Waals surface area contributed by atoms with Crippen molar-refractivity contribution in [1.29, 1.82) is 0 Å². The van der Waals surface area contributed by atoms with Crippen LogP contribution in [-0.4, -0.2) is 47.8 Å². The van der Waals surface area contributed by atoms with Gasteiger partial charge in [-0.05, 0) is 42.5 Å². The summed E-state index contributed by atoms with van der Waals surface area (Å²) in [7, 11) is -2.68. The minimum Gasteiger partial charge on any atom is -0.465 e. The second-order valence-electron chi connectivity index (χ2n) is 5.89.